The van der Waals surface area contributed by atoms with Gasteiger partial charge in [-0.3, -0.25) is 0 Å². The number of nitrogens with zero attached hydrogens (tertiary/aromatic N) is 1. The minimum Gasteiger partial charge on any atom is -0.244 e. The Bertz CT molecular complexity index is 661. The largest absolute Gasteiger partial charge is 0.244 e. The third-order valence-corrected chi connectivity index (χ3v) is 4.08. The van der Waals surface area contributed by atoms with Crippen LogP contribution < -0.4 is 0 Å². The van der Waals surface area contributed by atoms with Gasteiger partial charge in [-0.05, 0) is 6.07 Å². The van der Waals surface area contributed by atoms with Crippen LogP contribution >= 0.6 is 22.9 Å². The highest BCUT2D eigenvalue weighted by molar-refractivity contribution is 7.18. The van der Waals surface area contributed by atoms with Crippen LogP contribution in [0.25, 0.3) is 21.0 Å². The van der Waals surface area contributed by atoms with Gasteiger partial charge >= 0.3 is 0 Å². The summed E-state index contributed by atoms with van der Waals surface area (Å²) in [6.45, 7) is 0. The first kappa shape index (κ1) is 11.5. The van der Waals surface area contributed by atoms with Gasteiger partial charge in [0.25, 0.3) is 0 Å². The van der Waals surface area contributed by atoms with E-state index in [1.165, 1.54) is 0 Å². The maximum Gasteiger partial charge on any atom is 0.123 e. The van der Waals surface area contributed by atoms with Crippen molar-refractivity contribution in [3.05, 3.63) is 65.8 Å². The van der Waals surface area contributed by atoms with Gasteiger partial charge in [0.1, 0.15) is 5.01 Å². The lowest BCUT2D eigenvalue weighted by atomic mass is 10.2. The zero-order valence-corrected chi connectivity index (χ0v) is 11.1. The van der Waals surface area contributed by atoms with Crippen LogP contribution in [0, 0.1) is 0 Å². The maximum absolute atomic E-state index is 6.19. The van der Waals surface area contributed by atoms with Gasteiger partial charge in [-0.1, -0.05) is 60.1 Å². The fourth-order valence-corrected chi connectivity index (χ4v) is 3.03. The molecule has 18 heavy (non-hydrogen) atoms. The van der Waals surface area contributed by atoms with Gasteiger partial charge in [-0.2, -0.15) is 0 Å². The summed E-state index contributed by atoms with van der Waals surface area (Å²) in [7, 11) is 0. The van der Waals surface area contributed by atoms with E-state index in [2.05, 4.69) is 17.1 Å². The minimum absolute atomic E-state index is 0.765. The molecular weight excluding hydrogens is 262 g/mol. The van der Waals surface area contributed by atoms with Gasteiger partial charge in [0.15, 0.2) is 0 Å². The Labute approximate surface area is 115 Å². The van der Waals surface area contributed by atoms with Crippen LogP contribution in [0.3, 0.4) is 0 Å². The van der Waals surface area contributed by atoms with Crippen LogP contribution in [0.15, 0.2) is 60.8 Å². The van der Waals surface area contributed by atoms with Crippen molar-refractivity contribution in [2.75, 3.05) is 0 Å². The SMILES string of the molecule is Clc1ccccc1-c1cnc(-c2ccccc2)s1. The van der Waals surface area contributed by atoms with Crippen LogP contribution in [0.1, 0.15) is 0 Å². The molecule has 0 aliphatic carbocycles. The number of rotatable bonds is 2. The quantitative estimate of drug-likeness (QED) is 0.630. The molecule has 1 heterocycles. The molecule has 3 heteroatoms. The molecule has 1 nitrogen and oxygen atoms in total. The van der Waals surface area contributed by atoms with E-state index in [0.717, 1.165) is 26.0 Å². The topological polar surface area (TPSA) is 12.9 Å². The van der Waals surface area contributed by atoms with Gasteiger partial charge in [-0.15, -0.1) is 11.3 Å². The molecule has 0 radical (unpaired) electrons. The van der Waals surface area contributed by atoms with Crippen molar-refractivity contribution >= 4 is 22.9 Å². The molecule has 0 aliphatic rings. The molecule has 0 spiro atoms. The molecule has 0 N–H and O–H groups in total. The first-order chi connectivity index (χ1) is 8.84. The standard InChI is InChI=1S/C15H10ClNS/c16-13-9-5-4-8-12(13)14-10-17-15(18-14)11-6-2-1-3-7-11/h1-10H. The van der Waals surface area contributed by atoms with Crippen LogP contribution in [-0.4, -0.2) is 4.98 Å². The van der Waals surface area contributed by atoms with Crippen LogP contribution in [0.4, 0.5) is 0 Å². The number of aromatic nitrogens is 1. The van der Waals surface area contributed by atoms with Gasteiger partial charge in [0, 0.05) is 22.3 Å². The number of benzene rings is 2. The summed E-state index contributed by atoms with van der Waals surface area (Å²) < 4.78 is 0. The van der Waals surface area contributed by atoms with E-state index >= 15 is 0 Å². The Morgan fingerprint density at radius 1 is 0.889 bits per heavy atom. The minimum atomic E-state index is 0.765. The smallest absolute Gasteiger partial charge is 0.123 e. The second-order valence-corrected chi connectivity index (χ2v) is 5.31. The molecule has 0 bridgehead atoms. The zero-order chi connectivity index (χ0) is 12.4. The van der Waals surface area contributed by atoms with Crippen molar-refractivity contribution < 1.29 is 0 Å². The molecule has 0 amide bonds. The van der Waals surface area contributed by atoms with Crippen LogP contribution in [0.2, 0.25) is 5.02 Å². The molecule has 2 aromatic carbocycles. The Hall–Kier alpha value is -1.64. The zero-order valence-electron chi connectivity index (χ0n) is 9.51. The number of hydrogen-bond acceptors (Lipinski definition) is 2. The molecule has 0 saturated heterocycles. The monoisotopic (exact) mass is 271 g/mol. The lowest BCUT2D eigenvalue weighted by Crippen LogP contribution is -1.72. The molecule has 0 aliphatic heterocycles. The van der Waals surface area contributed by atoms with E-state index < -0.39 is 0 Å². The summed E-state index contributed by atoms with van der Waals surface area (Å²) in [5, 5.41) is 1.78. The fraction of sp³-hybridized carbons (Fsp3) is 0. The van der Waals surface area contributed by atoms with Crippen LogP contribution in [-0.2, 0) is 0 Å². The third-order valence-electron chi connectivity index (χ3n) is 2.67. The summed E-state index contributed by atoms with van der Waals surface area (Å²) in [5.74, 6) is 0. The van der Waals surface area contributed by atoms with Gasteiger partial charge in [0.05, 0.1) is 4.88 Å². The molecule has 0 saturated carbocycles. The molecule has 3 aromatic rings. The Kier molecular flexibility index (Phi) is 3.13. The summed E-state index contributed by atoms with van der Waals surface area (Å²) in [6, 6.07) is 18.0. The van der Waals surface area contributed by atoms with Crippen molar-refractivity contribution in [1.82, 2.24) is 4.98 Å². The first-order valence-corrected chi connectivity index (χ1v) is 6.80. The highest BCUT2D eigenvalue weighted by atomic mass is 35.5. The summed E-state index contributed by atoms with van der Waals surface area (Å²) in [4.78, 5) is 5.56. The second kappa shape index (κ2) is 4.92. The molecule has 1 aromatic heterocycles. The molecule has 0 fully saturated rings. The summed E-state index contributed by atoms with van der Waals surface area (Å²) >= 11 is 7.85. The van der Waals surface area contributed by atoms with Crippen molar-refractivity contribution in [2.45, 2.75) is 0 Å². The Morgan fingerprint density at radius 3 is 2.39 bits per heavy atom. The molecule has 0 unspecified atom stereocenters. The normalized spacial score (nSPS) is 10.5. The van der Waals surface area contributed by atoms with Crippen LogP contribution in [0.5, 0.6) is 0 Å². The molecular formula is C15H10ClNS. The van der Waals surface area contributed by atoms with Gasteiger partial charge in [0.2, 0.25) is 0 Å². The summed E-state index contributed by atoms with van der Waals surface area (Å²) in [6.07, 6.45) is 1.88. The van der Waals surface area contributed by atoms with E-state index in [4.69, 9.17) is 11.6 Å². The fourth-order valence-electron chi connectivity index (χ4n) is 1.77. The summed E-state index contributed by atoms with van der Waals surface area (Å²) in [5.41, 5.74) is 2.18. The predicted octanol–water partition coefficient (Wildman–Crippen LogP) is 5.13. The molecule has 0 atom stereocenters. The maximum atomic E-state index is 6.19. The van der Waals surface area contributed by atoms with E-state index in [1.54, 1.807) is 11.3 Å². The Balaban J connectivity index is 2.03. The average Bonchev–Trinajstić information content (AvgIpc) is 2.90. The van der Waals surface area contributed by atoms with Crippen molar-refractivity contribution in [2.24, 2.45) is 0 Å². The first-order valence-electron chi connectivity index (χ1n) is 5.61. The highest BCUT2D eigenvalue weighted by Gasteiger charge is 2.08. The van der Waals surface area contributed by atoms with Crippen molar-refractivity contribution in [1.29, 1.82) is 0 Å². The van der Waals surface area contributed by atoms with E-state index in [0.29, 0.717) is 0 Å². The van der Waals surface area contributed by atoms with E-state index in [9.17, 15) is 0 Å². The number of thiazole rings is 1. The van der Waals surface area contributed by atoms with E-state index in [1.807, 2.05) is 48.7 Å². The number of hydrogen-bond donors (Lipinski definition) is 0. The average molecular weight is 272 g/mol. The van der Waals surface area contributed by atoms with Gasteiger partial charge < -0.3 is 0 Å². The lowest BCUT2D eigenvalue weighted by Gasteiger charge is -1.98. The van der Waals surface area contributed by atoms with Gasteiger partial charge in [-0.25, -0.2) is 4.98 Å². The van der Waals surface area contributed by atoms with E-state index in [-0.39, 0.29) is 0 Å². The lowest BCUT2D eigenvalue weighted by molar-refractivity contribution is 1.41. The predicted molar refractivity (Wildman–Crippen MR) is 78.0 cm³/mol. The third kappa shape index (κ3) is 2.17. The number of halogens is 1. The Morgan fingerprint density at radius 2 is 1.61 bits per heavy atom. The van der Waals surface area contributed by atoms with Crippen molar-refractivity contribution in [3.63, 3.8) is 0 Å². The van der Waals surface area contributed by atoms with Crippen molar-refractivity contribution in [3.8, 4) is 21.0 Å². The molecule has 88 valence electrons. The highest BCUT2D eigenvalue weighted by Crippen LogP contribution is 2.35. The molecule has 3 rings (SSSR count). The second-order valence-electron chi connectivity index (χ2n) is 3.88.